The molecule has 0 spiro atoms. The SMILES string of the molecule is O=C(OCc1ccccc1Oc1ccccc1)c1ccc(CN2CCCC2=O)cc1. The van der Waals surface area contributed by atoms with Crippen molar-refractivity contribution < 1.29 is 19.1 Å². The van der Waals surface area contributed by atoms with Gasteiger partial charge >= 0.3 is 5.97 Å². The standard InChI is InChI=1S/C25H23NO4/c27-24-11-6-16-26(24)17-19-12-14-20(15-13-19)25(28)29-18-21-7-4-5-10-23(21)30-22-8-2-1-3-9-22/h1-5,7-10,12-15H,6,11,16-18H2. The van der Waals surface area contributed by atoms with Crippen LogP contribution < -0.4 is 4.74 Å². The van der Waals surface area contributed by atoms with Crippen LogP contribution in [0.5, 0.6) is 11.5 Å². The van der Waals surface area contributed by atoms with Gasteiger partial charge in [0.1, 0.15) is 18.1 Å². The summed E-state index contributed by atoms with van der Waals surface area (Å²) in [6, 6.07) is 24.2. The first-order valence-corrected chi connectivity index (χ1v) is 10.0. The summed E-state index contributed by atoms with van der Waals surface area (Å²) < 4.78 is 11.4. The van der Waals surface area contributed by atoms with E-state index in [4.69, 9.17) is 9.47 Å². The number of rotatable bonds is 7. The Morgan fingerprint density at radius 1 is 0.900 bits per heavy atom. The Morgan fingerprint density at radius 3 is 2.37 bits per heavy atom. The summed E-state index contributed by atoms with van der Waals surface area (Å²) in [7, 11) is 0. The van der Waals surface area contributed by atoms with Gasteiger partial charge in [0.25, 0.3) is 0 Å². The fourth-order valence-corrected chi connectivity index (χ4v) is 3.40. The van der Waals surface area contributed by atoms with Crippen molar-refractivity contribution in [3.63, 3.8) is 0 Å². The van der Waals surface area contributed by atoms with Crippen LogP contribution in [0, 0.1) is 0 Å². The maximum Gasteiger partial charge on any atom is 0.338 e. The predicted octanol–water partition coefficient (Wildman–Crippen LogP) is 4.96. The molecule has 5 nitrogen and oxygen atoms in total. The molecule has 0 unspecified atom stereocenters. The fourth-order valence-electron chi connectivity index (χ4n) is 3.40. The minimum Gasteiger partial charge on any atom is -0.457 e. The van der Waals surface area contributed by atoms with E-state index in [-0.39, 0.29) is 12.5 Å². The Balaban J connectivity index is 1.36. The molecule has 3 aromatic rings. The summed E-state index contributed by atoms with van der Waals surface area (Å²) in [5, 5.41) is 0. The Kier molecular flexibility index (Phi) is 6.09. The number of nitrogens with zero attached hydrogens (tertiary/aromatic N) is 1. The number of esters is 1. The molecule has 0 aliphatic carbocycles. The monoisotopic (exact) mass is 401 g/mol. The minimum absolute atomic E-state index is 0.117. The molecule has 0 N–H and O–H groups in total. The summed E-state index contributed by atoms with van der Waals surface area (Å²) in [5.41, 5.74) is 2.27. The number of carbonyl (C=O) groups is 2. The summed E-state index contributed by atoms with van der Waals surface area (Å²) in [4.78, 5) is 26.1. The fraction of sp³-hybridized carbons (Fsp3) is 0.200. The predicted molar refractivity (Wildman–Crippen MR) is 113 cm³/mol. The molecular formula is C25H23NO4. The molecule has 152 valence electrons. The molecule has 0 atom stereocenters. The van der Waals surface area contributed by atoms with Crippen molar-refractivity contribution in [2.45, 2.75) is 26.0 Å². The van der Waals surface area contributed by atoms with Gasteiger partial charge in [-0.25, -0.2) is 4.79 Å². The largest absolute Gasteiger partial charge is 0.457 e. The zero-order chi connectivity index (χ0) is 20.8. The van der Waals surface area contributed by atoms with Gasteiger partial charge < -0.3 is 14.4 Å². The highest BCUT2D eigenvalue weighted by Crippen LogP contribution is 2.26. The lowest BCUT2D eigenvalue weighted by Gasteiger charge is -2.15. The first kappa shape index (κ1) is 19.7. The molecule has 1 saturated heterocycles. The van der Waals surface area contributed by atoms with Crippen LogP contribution in [0.1, 0.15) is 34.3 Å². The van der Waals surface area contributed by atoms with Crippen molar-refractivity contribution in [2.75, 3.05) is 6.54 Å². The zero-order valence-corrected chi connectivity index (χ0v) is 16.6. The van der Waals surface area contributed by atoms with Crippen LogP contribution in [0.2, 0.25) is 0 Å². The van der Waals surface area contributed by atoms with Gasteiger partial charge in [0, 0.05) is 25.1 Å². The lowest BCUT2D eigenvalue weighted by atomic mass is 10.1. The van der Waals surface area contributed by atoms with Crippen LogP contribution >= 0.6 is 0 Å². The number of amides is 1. The molecule has 3 aromatic carbocycles. The quantitative estimate of drug-likeness (QED) is 0.525. The summed E-state index contributed by atoms with van der Waals surface area (Å²) >= 11 is 0. The average molecular weight is 401 g/mol. The smallest absolute Gasteiger partial charge is 0.338 e. The van der Waals surface area contributed by atoms with E-state index in [1.807, 2.05) is 71.6 Å². The number of benzene rings is 3. The van der Waals surface area contributed by atoms with Gasteiger partial charge in [-0.15, -0.1) is 0 Å². The normalized spacial score (nSPS) is 13.3. The van der Waals surface area contributed by atoms with Crippen LogP contribution in [0.4, 0.5) is 0 Å². The van der Waals surface area contributed by atoms with Gasteiger partial charge in [-0.3, -0.25) is 4.79 Å². The van der Waals surface area contributed by atoms with E-state index in [0.717, 1.165) is 29.8 Å². The van der Waals surface area contributed by atoms with E-state index in [2.05, 4.69) is 0 Å². The Morgan fingerprint density at radius 2 is 1.63 bits per heavy atom. The summed E-state index contributed by atoms with van der Waals surface area (Å²) in [5.74, 6) is 1.17. The molecule has 0 bridgehead atoms. The second-order valence-electron chi connectivity index (χ2n) is 7.21. The van der Waals surface area contributed by atoms with Gasteiger partial charge in [0.15, 0.2) is 0 Å². The molecule has 0 radical (unpaired) electrons. The van der Waals surface area contributed by atoms with Crippen LogP contribution in [0.15, 0.2) is 78.9 Å². The number of carbonyl (C=O) groups excluding carboxylic acids is 2. The van der Waals surface area contributed by atoms with Gasteiger partial charge in [0.05, 0.1) is 5.56 Å². The van der Waals surface area contributed by atoms with E-state index < -0.39 is 5.97 Å². The second kappa shape index (κ2) is 9.27. The molecular weight excluding hydrogens is 378 g/mol. The van der Waals surface area contributed by atoms with Crippen LogP contribution in [0.25, 0.3) is 0 Å². The lowest BCUT2D eigenvalue weighted by Crippen LogP contribution is -2.23. The van der Waals surface area contributed by atoms with Crippen LogP contribution in [0.3, 0.4) is 0 Å². The van der Waals surface area contributed by atoms with E-state index in [0.29, 0.717) is 24.3 Å². The Bertz CT molecular complexity index is 1010. The van der Waals surface area contributed by atoms with Crippen molar-refractivity contribution in [3.8, 4) is 11.5 Å². The molecule has 1 heterocycles. The lowest BCUT2D eigenvalue weighted by molar-refractivity contribution is -0.128. The minimum atomic E-state index is -0.395. The van der Waals surface area contributed by atoms with Crippen molar-refractivity contribution in [1.29, 1.82) is 0 Å². The third kappa shape index (κ3) is 4.87. The van der Waals surface area contributed by atoms with Gasteiger partial charge in [-0.2, -0.15) is 0 Å². The van der Waals surface area contributed by atoms with Crippen molar-refractivity contribution in [1.82, 2.24) is 4.90 Å². The average Bonchev–Trinajstić information content (AvgIpc) is 3.18. The maximum absolute atomic E-state index is 12.5. The second-order valence-corrected chi connectivity index (χ2v) is 7.21. The molecule has 30 heavy (non-hydrogen) atoms. The molecule has 1 fully saturated rings. The molecule has 5 heteroatoms. The first-order valence-electron chi connectivity index (χ1n) is 10.0. The molecule has 1 amide bonds. The zero-order valence-electron chi connectivity index (χ0n) is 16.6. The topological polar surface area (TPSA) is 55.8 Å². The van der Waals surface area contributed by atoms with Crippen molar-refractivity contribution in [3.05, 3.63) is 95.6 Å². The molecule has 1 aliphatic rings. The van der Waals surface area contributed by atoms with Crippen LogP contribution in [-0.2, 0) is 22.7 Å². The Hall–Kier alpha value is -3.60. The first-order chi connectivity index (χ1) is 14.7. The maximum atomic E-state index is 12.5. The third-order valence-electron chi connectivity index (χ3n) is 5.04. The number of hydrogen-bond acceptors (Lipinski definition) is 4. The van der Waals surface area contributed by atoms with Gasteiger partial charge in [-0.1, -0.05) is 48.5 Å². The van der Waals surface area contributed by atoms with E-state index in [1.54, 1.807) is 12.1 Å². The highest BCUT2D eigenvalue weighted by atomic mass is 16.5. The number of para-hydroxylation sites is 2. The number of ether oxygens (including phenoxy) is 2. The molecule has 0 aromatic heterocycles. The van der Waals surface area contributed by atoms with Crippen LogP contribution in [-0.4, -0.2) is 23.3 Å². The summed E-state index contributed by atoms with van der Waals surface area (Å²) in [6.07, 6.45) is 1.54. The van der Waals surface area contributed by atoms with E-state index in [1.165, 1.54) is 0 Å². The number of hydrogen-bond donors (Lipinski definition) is 0. The molecule has 4 rings (SSSR count). The van der Waals surface area contributed by atoms with Gasteiger partial charge in [0.2, 0.25) is 5.91 Å². The van der Waals surface area contributed by atoms with E-state index >= 15 is 0 Å². The summed E-state index contributed by atoms with van der Waals surface area (Å²) in [6.45, 7) is 1.50. The molecule has 0 saturated carbocycles. The Labute approximate surface area is 175 Å². The third-order valence-corrected chi connectivity index (χ3v) is 5.04. The van der Waals surface area contributed by atoms with E-state index in [9.17, 15) is 9.59 Å². The van der Waals surface area contributed by atoms with Crippen molar-refractivity contribution >= 4 is 11.9 Å². The highest BCUT2D eigenvalue weighted by molar-refractivity contribution is 5.89. The number of likely N-dealkylation sites (tertiary alicyclic amines) is 1. The van der Waals surface area contributed by atoms with Crippen molar-refractivity contribution in [2.24, 2.45) is 0 Å². The van der Waals surface area contributed by atoms with Gasteiger partial charge in [-0.05, 0) is 42.3 Å². The highest BCUT2D eigenvalue weighted by Gasteiger charge is 2.20. The molecule has 1 aliphatic heterocycles.